The van der Waals surface area contributed by atoms with Crippen molar-refractivity contribution in [3.63, 3.8) is 0 Å². The van der Waals surface area contributed by atoms with Crippen LogP contribution in [0.4, 0.5) is 10.5 Å². The molecule has 1 rings (SSSR count). The second-order valence-corrected chi connectivity index (χ2v) is 5.86. The number of para-hydroxylation sites is 1. The van der Waals surface area contributed by atoms with Gasteiger partial charge in [-0.2, -0.15) is 0 Å². The molecular formula is C16H25N3O3. The summed E-state index contributed by atoms with van der Waals surface area (Å²) in [6.45, 7) is 6.44. The molecule has 1 aromatic rings. The summed E-state index contributed by atoms with van der Waals surface area (Å²) in [5.41, 5.74) is 1.30. The average Bonchev–Trinajstić information content (AvgIpc) is 2.43. The molecule has 0 atom stereocenters. The number of hydrogen-bond acceptors (Lipinski definition) is 4. The van der Waals surface area contributed by atoms with Gasteiger partial charge in [0.05, 0.1) is 6.42 Å². The molecule has 0 aliphatic rings. The molecule has 0 aromatic heterocycles. The smallest absolute Gasteiger partial charge is 0.407 e. The molecule has 1 aromatic carbocycles. The Morgan fingerprint density at radius 3 is 2.45 bits per heavy atom. The summed E-state index contributed by atoms with van der Waals surface area (Å²) in [6.07, 6.45) is -0.118. The van der Waals surface area contributed by atoms with Crippen molar-refractivity contribution in [2.75, 3.05) is 25.5 Å². The second-order valence-electron chi connectivity index (χ2n) is 5.86. The number of ether oxygens (including phenoxy) is 1. The van der Waals surface area contributed by atoms with E-state index in [2.05, 4.69) is 16.0 Å². The lowest BCUT2D eigenvalue weighted by Crippen LogP contribution is -2.35. The maximum Gasteiger partial charge on any atom is 0.407 e. The second kappa shape index (κ2) is 8.26. The zero-order chi connectivity index (χ0) is 16.6. The van der Waals surface area contributed by atoms with E-state index < -0.39 is 11.7 Å². The van der Waals surface area contributed by atoms with E-state index in [4.69, 9.17) is 4.74 Å². The Hall–Kier alpha value is -2.24. The molecule has 0 aliphatic carbocycles. The number of benzene rings is 1. The molecule has 122 valence electrons. The summed E-state index contributed by atoms with van der Waals surface area (Å²) in [6, 6.07) is 7.60. The largest absolute Gasteiger partial charge is 0.444 e. The highest BCUT2D eigenvalue weighted by atomic mass is 16.6. The lowest BCUT2D eigenvalue weighted by molar-refractivity contribution is -0.119. The monoisotopic (exact) mass is 307 g/mol. The van der Waals surface area contributed by atoms with Crippen LogP contribution in [-0.2, 0) is 16.0 Å². The molecule has 2 amide bonds. The molecule has 0 unspecified atom stereocenters. The zero-order valence-electron chi connectivity index (χ0n) is 13.7. The van der Waals surface area contributed by atoms with Crippen molar-refractivity contribution in [2.24, 2.45) is 0 Å². The first-order chi connectivity index (χ1) is 10.3. The van der Waals surface area contributed by atoms with Gasteiger partial charge in [0.1, 0.15) is 5.60 Å². The quantitative estimate of drug-likeness (QED) is 0.701. The van der Waals surface area contributed by atoms with Crippen molar-refractivity contribution in [1.82, 2.24) is 10.6 Å². The number of hydrogen-bond donors (Lipinski definition) is 3. The predicted octanol–water partition coefficient (Wildman–Crippen LogP) is 1.91. The summed E-state index contributed by atoms with van der Waals surface area (Å²) in [5, 5.41) is 8.49. The van der Waals surface area contributed by atoms with Crippen LogP contribution in [0.15, 0.2) is 24.3 Å². The van der Waals surface area contributed by atoms with Gasteiger partial charge in [0.15, 0.2) is 0 Å². The molecular weight excluding hydrogens is 282 g/mol. The number of likely N-dealkylation sites (N-methyl/N-ethyl adjacent to an activating group) is 1. The van der Waals surface area contributed by atoms with Crippen molar-refractivity contribution in [2.45, 2.75) is 32.8 Å². The molecule has 6 nitrogen and oxygen atoms in total. The maximum atomic E-state index is 11.5. The highest BCUT2D eigenvalue weighted by molar-refractivity contribution is 5.80. The van der Waals surface area contributed by atoms with Crippen molar-refractivity contribution < 1.29 is 14.3 Å². The fraction of sp³-hybridized carbons (Fsp3) is 0.500. The van der Waals surface area contributed by atoms with E-state index in [0.29, 0.717) is 19.5 Å². The molecule has 0 heterocycles. The van der Waals surface area contributed by atoms with E-state index in [-0.39, 0.29) is 5.91 Å². The summed E-state index contributed by atoms with van der Waals surface area (Å²) in [4.78, 5) is 23.0. The van der Waals surface area contributed by atoms with E-state index in [1.807, 2.05) is 45.0 Å². The molecule has 0 radical (unpaired) electrons. The number of alkyl carbamates (subject to hydrolysis) is 1. The number of carbonyl (C=O) groups is 2. The highest BCUT2D eigenvalue weighted by Crippen LogP contribution is 2.15. The Kier molecular flexibility index (Phi) is 6.69. The molecule has 0 bridgehead atoms. The summed E-state index contributed by atoms with van der Waals surface area (Å²) >= 11 is 0. The lowest BCUT2D eigenvalue weighted by atomic mass is 10.1. The lowest BCUT2D eigenvalue weighted by Gasteiger charge is -2.20. The molecule has 3 N–H and O–H groups in total. The minimum absolute atomic E-state index is 0.0406. The van der Waals surface area contributed by atoms with Crippen LogP contribution in [0.2, 0.25) is 0 Å². The van der Waals surface area contributed by atoms with E-state index in [1.54, 1.807) is 7.05 Å². The van der Waals surface area contributed by atoms with Gasteiger partial charge < -0.3 is 20.7 Å². The van der Waals surface area contributed by atoms with Gasteiger partial charge in [0.25, 0.3) is 0 Å². The van der Waals surface area contributed by atoms with Gasteiger partial charge in [-0.3, -0.25) is 4.79 Å². The van der Waals surface area contributed by atoms with Crippen LogP contribution in [0.3, 0.4) is 0 Å². The van der Waals surface area contributed by atoms with Crippen molar-refractivity contribution in [3.05, 3.63) is 29.8 Å². The van der Waals surface area contributed by atoms with Crippen LogP contribution in [0.1, 0.15) is 26.3 Å². The number of rotatable bonds is 6. The van der Waals surface area contributed by atoms with E-state index in [0.717, 1.165) is 11.3 Å². The molecule has 0 fully saturated rings. The Morgan fingerprint density at radius 2 is 1.82 bits per heavy atom. The zero-order valence-corrected chi connectivity index (χ0v) is 13.7. The number of carbonyl (C=O) groups excluding carboxylic acids is 2. The molecule has 0 saturated carbocycles. The number of anilines is 1. The third-order valence-corrected chi connectivity index (χ3v) is 2.76. The Morgan fingerprint density at radius 1 is 1.14 bits per heavy atom. The predicted molar refractivity (Wildman–Crippen MR) is 86.9 cm³/mol. The normalized spacial score (nSPS) is 10.7. The van der Waals surface area contributed by atoms with Gasteiger partial charge in [-0.15, -0.1) is 0 Å². The van der Waals surface area contributed by atoms with E-state index >= 15 is 0 Å². The van der Waals surface area contributed by atoms with E-state index in [9.17, 15) is 9.59 Å². The summed E-state index contributed by atoms with van der Waals surface area (Å²) < 4.78 is 5.15. The first-order valence-electron chi connectivity index (χ1n) is 7.31. The van der Waals surface area contributed by atoms with Gasteiger partial charge in [-0.05, 0) is 32.4 Å². The van der Waals surface area contributed by atoms with Gasteiger partial charge in [0.2, 0.25) is 5.91 Å². The summed E-state index contributed by atoms with van der Waals surface area (Å²) in [5.74, 6) is -0.0406. The number of nitrogens with one attached hydrogen (secondary N) is 3. The molecule has 0 aliphatic heterocycles. The minimum atomic E-state index is -0.502. The SMILES string of the molecule is CNC(=O)Cc1ccccc1NCCNC(=O)OC(C)(C)C. The van der Waals surface area contributed by atoms with Crippen molar-refractivity contribution >= 4 is 17.7 Å². The van der Waals surface area contributed by atoms with Crippen LogP contribution in [0, 0.1) is 0 Å². The average molecular weight is 307 g/mol. The minimum Gasteiger partial charge on any atom is -0.444 e. The first kappa shape index (κ1) is 17.8. The molecule has 6 heteroatoms. The van der Waals surface area contributed by atoms with E-state index in [1.165, 1.54) is 0 Å². The van der Waals surface area contributed by atoms with Gasteiger partial charge in [0, 0.05) is 25.8 Å². The topological polar surface area (TPSA) is 79.5 Å². The van der Waals surface area contributed by atoms with Crippen LogP contribution in [-0.4, -0.2) is 37.7 Å². The van der Waals surface area contributed by atoms with Crippen LogP contribution >= 0.6 is 0 Å². The van der Waals surface area contributed by atoms with Crippen LogP contribution in [0.5, 0.6) is 0 Å². The van der Waals surface area contributed by atoms with Crippen molar-refractivity contribution in [1.29, 1.82) is 0 Å². The first-order valence-corrected chi connectivity index (χ1v) is 7.31. The molecule has 0 saturated heterocycles. The van der Waals surface area contributed by atoms with Gasteiger partial charge >= 0.3 is 6.09 Å². The fourth-order valence-electron chi connectivity index (χ4n) is 1.78. The fourth-order valence-corrected chi connectivity index (χ4v) is 1.78. The highest BCUT2D eigenvalue weighted by Gasteiger charge is 2.15. The molecule has 22 heavy (non-hydrogen) atoms. The van der Waals surface area contributed by atoms with Crippen LogP contribution < -0.4 is 16.0 Å². The third kappa shape index (κ3) is 6.97. The Labute approximate surface area is 131 Å². The Bertz CT molecular complexity index is 510. The van der Waals surface area contributed by atoms with Gasteiger partial charge in [-0.25, -0.2) is 4.79 Å². The summed E-state index contributed by atoms with van der Waals surface area (Å²) in [7, 11) is 1.61. The Balaban J connectivity index is 2.42. The number of amides is 2. The third-order valence-electron chi connectivity index (χ3n) is 2.76. The van der Waals surface area contributed by atoms with Gasteiger partial charge in [-0.1, -0.05) is 18.2 Å². The standard InChI is InChI=1S/C16H25N3O3/c1-16(2,3)22-15(21)19-10-9-18-13-8-6-5-7-12(13)11-14(20)17-4/h5-8,18H,9-11H2,1-4H3,(H,17,20)(H,19,21). The molecule has 0 spiro atoms. The van der Waals surface area contributed by atoms with Crippen molar-refractivity contribution in [3.8, 4) is 0 Å². The van der Waals surface area contributed by atoms with Crippen LogP contribution in [0.25, 0.3) is 0 Å². The maximum absolute atomic E-state index is 11.5.